The van der Waals surface area contributed by atoms with Crippen molar-refractivity contribution in [1.82, 2.24) is 0 Å². The van der Waals surface area contributed by atoms with Crippen molar-refractivity contribution in [1.29, 1.82) is 0 Å². The van der Waals surface area contributed by atoms with Gasteiger partial charge in [-0.05, 0) is 43.4 Å². The molecule has 2 rings (SSSR count). The minimum atomic E-state index is 0.508. The molecule has 0 aromatic rings. The van der Waals surface area contributed by atoms with E-state index in [0.717, 1.165) is 17.8 Å². The highest BCUT2D eigenvalue weighted by Crippen LogP contribution is 2.47. The second kappa shape index (κ2) is 2.41. The highest BCUT2D eigenvalue weighted by molar-refractivity contribution is 6.20. The third kappa shape index (κ3) is 0.972. The number of halogens is 1. The molecule has 2 fully saturated rings. The molecule has 2 bridgehead atoms. The number of rotatable bonds is 0. The molecular formula is C9H15Cl. The molecule has 0 amide bonds. The molecule has 0 aromatic heterocycles. The van der Waals surface area contributed by atoms with E-state index < -0.39 is 0 Å². The van der Waals surface area contributed by atoms with Crippen LogP contribution in [-0.2, 0) is 0 Å². The van der Waals surface area contributed by atoms with Crippen molar-refractivity contribution in [3.8, 4) is 0 Å². The Bertz CT molecular complexity index is 119. The van der Waals surface area contributed by atoms with E-state index in [0.29, 0.717) is 5.38 Å². The van der Waals surface area contributed by atoms with Crippen molar-refractivity contribution in [2.45, 2.75) is 38.0 Å². The molecule has 4 unspecified atom stereocenters. The summed E-state index contributed by atoms with van der Waals surface area (Å²) in [5.41, 5.74) is 0. The van der Waals surface area contributed by atoms with Gasteiger partial charge in [-0.15, -0.1) is 11.6 Å². The van der Waals surface area contributed by atoms with Gasteiger partial charge in [-0.25, -0.2) is 0 Å². The molecule has 10 heavy (non-hydrogen) atoms. The van der Waals surface area contributed by atoms with Gasteiger partial charge in [0, 0.05) is 5.38 Å². The van der Waals surface area contributed by atoms with Crippen LogP contribution in [0.15, 0.2) is 0 Å². The first-order valence-corrected chi connectivity index (χ1v) is 4.85. The monoisotopic (exact) mass is 158 g/mol. The van der Waals surface area contributed by atoms with Gasteiger partial charge >= 0.3 is 0 Å². The van der Waals surface area contributed by atoms with Crippen molar-refractivity contribution < 1.29 is 0 Å². The Kier molecular flexibility index (Phi) is 1.68. The molecule has 0 heterocycles. The minimum Gasteiger partial charge on any atom is -0.123 e. The van der Waals surface area contributed by atoms with Crippen molar-refractivity contribution in [3.05, 3.63) is 0 Å². The van der Waals surface area contributed by atoms with Crippen molar-refractivity contribution in [2.24, 2.45) is 17.8 Å². The molecule has 2 aliphatic rings. The van der Waals surface area contributed by atoms with Gasteiger partial charge in [-0.3, -0.25) is 0 Å². The van der Waals surface area contributed by atoms with Crippen molar-refractivity contribution in [3.63, 3.8) is 0 Å². The summed E-state index contributed by atoms with van der Waals surface area (Å²) in [6.45, 7) is 2.36. The molecule has 0 nitrogen and oxygen atoms in total. The zero-order valence-electron chi connectivity index (χ0n) is 6.52. The average molecular weight is 159 g/mol. The van der Waals surface area contributed by atoms with Gasteiger partial charge < -0.3 is 0 Å². The summed E-state index contributed by atoms with van der Waals surface area (Å²) >= 11 is 6.20. The Morgan fingerprint density at radius 1 is 1.10 bits per heavy atom. The van der Waals surface area contributed by atoms with Crippen LogP contribution >= 0.6 is 11.6 Å². The lowest BCUT2D eigenvalue weighted by molar-refractivity contribution is 0.270. The first-order chi connectivity index (χ1) is 4.77. The molecule has 58 valence electrons. The summed E-state index contributed by atoms with van der Waals surface area (Å²) in [5.74, 6) is 2.81. The van der Waals surface area contributed by atoms with Crippen LogP contribution in [0.25, 0.3) is 0 Å². The molecule has 2 saturated carbocycles. The Labute approximate surface area is 68.0 Å². The maximum absolute atomic E-state index is 6.20. The van der Waals surface area contributed by atoms with E-state index in [9.17, 15) is 0 Å². The van der Waals surface area contributed by atoms with E-state index in [1.54, 1.807) is 0 Å². The molecule has 0 spiro atoms. The van der Waals surface area contributed by atoms with Gasteiger partial charge in [0.15, 0.2) is 0 Å². The Hall–Kier alpha value is 0.290. The van der Waals surface area contributed by atoms with Crippen molar-refractivity contribution in [2.75, 3.05) is 0 Å². The van der Waals surface area contributed by atoms with Gasteiger partial charge in [0.05, 0.1) is 0 Å². The second-order valence-electron chi connectivity index (χ2n) is 4.06. The standard InChI is InChI=1S/C9H15Cl/c1-6-4-9(10)8-3-2-7(6)5-8/h6-9H,2-5H2,1H3. The fraction of sp³-hybridized carbons (Fsp3) is 1.00. The van der Waals surface area contributed by atoms with Gasteiger partial charge in [0.2, 0.25) is 0 Å². The van der Waals surface area contributed by atoms with Crippen molar-refractivity contribution >= 4 is 11.6 Å². The summed E-state index contributed by atoms with van der Waals surface area (Å²) < 4.78 is 0. The van der Waals surface area contributed by atoms with Crippen LogP contribution in [0.4, 0.5) is 0 Å². The first-order valence-electron chi connectivity index (χ1n) is 4.41. The molecular weight excluding hydrogens is 144 g/mol. The summed E-state index contributed by atoms with van der Waals surface area (Å²) in [6.07, 6.45) is 5.56. The zero-order valence-corrected chi connectivity index (χ0v) is 7.27. The van der Waals surface area contributed by atoms with Crippen LogP contribution < -0.4 is 0 Å². The molecule has 0 saturated heterocycles. The van der Waals surface area contributed by atoms with Gasteiger partial charge in [-0.2, -0.15) is 0 Å². The lowest BCUT2D eigenvalue weighted by atomic mass is 9.81. The quantitative estimate of drug-likeness (QED) is 0.476. The largest absolute Gasteiger partial charge is 0.123 e. The van der Waals surface area contributed by atoms with Gasteiger partial charge in [0.1, 0.15) is 0 Å². The summed E-state index contributed by atoms with van der Waals surface area (Å²) in [7, 11) is 0. The average Bonchev–Trinajstić information content (AvgIpc) is 2.28. The number of alkyl halides is 1. The van der Waals surface area contributed by atoms with Crippen LogP contribution in [0.5, 0.6) is 0 Å². The minimum absolute atomic E-state index is 0.508. The van der Waals surface area contributed by atoms with E-state index in [2.05, 4.69) is 6.92 Å². The van der Waals surface area contributed by atoms with Crippen LogP contribution in [0, 0.1) is 17.8 Å². The van der Waals surface area contributed by atoms with Crippen LogP contribution in [0.1, 0.15) is 32.6 Å². The number of hydrogen-bond acceptors (Lipinski definition) is 0. The fourth-order valence-electron chi connectivity index (χ4n) is 2.64. The third-order valence-electron chi connectivity index (χ3n) is 3.43. The molecule has 4 atom stereocenters. The lowest BCUT2D eigenvalue weighted by Gasteiger charge is -2.29. The molecule has 0 N–H and O–H groups in total. The number of hydrogen-bond donors (Lipinski definition) is 0. The van der Waals surface area contributed by atoms with Crippen LogP contribution in [0.2, 0.25) is 0 Å². The normalized spacial score (nSPS) is 53.4. The predicted octanol–water partition coefficient (Wildman–Crippen LogP) is 3.05. The summed E-state index contributed by atoms with van der Waals surface area (Å²) in [6, 6.07) is 0. The van der Waals surface area contributed by atoms with E-state index in [-0.39, 0.29) is 0 Å². The second-order valence-corrected chi connectivity index (χ2v) is 4.62. The molecule has 2 aliphatic carbocycles. The highest BCUT2D eigenvalue weighted by Gasteiger charge is 2.38. The Balaban J connectivity index is 2.09. The van der Waals surface area contributed by atoms with E-state index in [1.807, 2.05) is 0 Å². The maximum atomic E-state index is 6.20. The topological polar surface area (TPSA) is 0 Å². The third-order valence-corrected chi connectivity index (χ3v) is 3.96. The van der Waals surface area contributed by atoms with Crippen LogP contribution in [0.3, 0.4) is 0 Å². The Morgan fingerprint density at radius 2 is 1.80 bits per heavy atom. The molecule has 1 heteroatoms. The van der Waals surface area contributed by atoms with Gasteiger partial charge in [-0.1, -0.05) is 6.92 Å². The van der Waals surface area contributed by atoms with E-state index in [1.165, 1.54) is 25.7 Å². The summed E-state index contributed by atoms with van der Waals surface area (Å²) in [5, 5.41) is 0.508. The predicted molar refractivity (Wildman–Crippen MR) is 44.3 cm³/mol. The fourth-order valence-corrected chi connectivity index (χ4v) is 3.15. The van der Waals surface area contributed by atoms with Gasteiger partial charge in [0.25, 0.3) is 0 Å². The van der Waals surface area contributed by atoms with E-state index in [4.69, 9.17) is 11.6 Å². The molecule has 0 radical (unpaired) electrons. The number of fused-ring (bicyclic) bond motifs is 2. The van der Waals surface area contributed by atoms with E-state index >= 15 is 0 Å². The maximum Gasteiger partial charge on any atom is 0.0367 e. The highest BCUT2D eigenvalue weighted by atomic mass is 35.5. The smallest absolute Gasteiger partial charge is 0.0367 e. The van der Waals surface area contributed by atoms with Crippen LogP contribution in [-0.4, -0.2) is 5.38 Å². The lowest BCUT2D eigenvalue weighted by Crippen LogP contribution is -2.24. The first kappa shape index (κ1) is 6.97. The SMILES string of the molecule is CC1CC(Cl)C2CCC1C2. The molecule has 0 aliphatic heterocycles. The summed E-state index contributed by atoms with van der Waals surface area (Å²) in [4.78, 5) is 0. The molecule has 0 aromatic carbocycles. The zero-order chi connectivity index (χ0) is 7.14. The Morgan fingerprint density at radius 3 is 2.60 bits per heavy atom.